The quantitative estimate of drug-likeness (QED) is 0.767. The molecule has 0 aliphatic heterocycles. The smallest absolute Gasteiger partial charge is 0.0702 e. The molecule has 0 spiro atoms. The van der Waals surface area contributed by atoms with Crippen LogP contribution < -0.4 is 5.32 Å². The topological polar surface area (TPSA) is 24.9 Å². The summed E-state index contributed by atoms with van der Waals surface area (Å²) in [5, 5.41) is 4.91. The molecule has 2 aromatic rings. The van der Waals surface area contributed by atoms with Gasteiger partial charge in [0, 0.05) is 23.4 Å². The molecule has 2 nitrogen and oxygen atoms in total. The van der Waals surface area contributed by atoms with Gasteiger partial charge >= 0.3 is 0 Å². The van der Waals surface area contributed by atoms with Gasteiger partial charge in [-0.15, -0.1) is 0 Å². The maximum Gasteiger partial charge on any atom is 0.0702 e. The number of hydrogen-bond donors (Lipinski definition) is 1. The van der Waals surface area contributed by atoms with Gasteiger partial charge in [-0.3, -0.25) is 4.98 Å². The Kier molecular flexibility index (Phi) is 6.52. The lowest BCUT2D eigenvalue weighted by Gasteiger charge is -2.19. The van der Waals surface area contributed by atoms with Gasteiger partial charge in [-0.2, -0.15) is 11.8 Å². The van der Waals surface area contributed by atoms with Crippen molar-refractivity contribution in [3.8, 4) is 0 Å². The van der Waals surface area contributed by atoms with Crippen LogP contribution in [0.3, 0.4) is 0 Å². The van der Waals surface area contributed by atoms with Crippen LogP contribution in [-0.4, -0.2) is 23.0 Å². The first-order valence-corrected chi connectivity index (χ1v) is 9.02. The summed E-state index contributed by atoms with van der Waals surface area (Å²) < 4.78 is 0. The molecule has 0 bridgehead atoms. The van der Waals surface area contributed by atoms with Gasteiger partial charge in [0.05, 0.1) is 5.52 Å². The van der Waals surface area contributed by atoms with Crippen LogP contribution in [0.5, 0.6) is 0 Å². The zero-order valence-corrected chi connectivity index (χ0v) is 14.1. The van der Waals surface area contributed by atoms with Crippen molar-refractivity contribution in [3.05, 3.63) is 42.1 Å². The number of pyridine rings is 1. The molecular formula is C18H26N2S. The molecule has 0 aliphatic rings. The first-order chi connectivity index (χ1) is 10.2. The Bertz CT molecular complexity index is 554. The largest absolute Gasteiger partial charge is 0.309 e. The Balaban J connectivity index is 2.12. The first-order valence-electron chi connectivity index (χ1n) is 7.86. The molecule has 0 fully saturated rings. The van der Waals surface area contributed by atoms with E-state index in [0.29, 0.717) is 6.04 Å². The Morgan fingerprint density at radius 1 is 1.19 bits per heavy atom. The van der Waals surface area contributed by atoms with E-state index in [1.165, 1.54) is 23.1 Å². The lowest BCUT2D eigenvalue weighted by atomic mass is 10.1. The van der Waals surface area contributed by atoms with Crippen molar-refractivity contribution >= 4 is 22.7 Å². The molecular weight excluding hydrogens is 276 g/mol. The molecule has 0 saturated heterocycles. The minimum absolute atomic E-state index is 0.429. The summed E-state index contributed by atoms with van der Waals surface area (Å²) in [6, 6.07) is 11.2. The van der Waals surface area contributed by atoms with E-state index < -0.39 is 0 Å². The number of nitrogens with zero attached hydrogens (tertiary/aromatic N) is 1. The predicted molar refractivity (Wildman–Crippen MR) is 94.9 cm³/mol. The molecule has 3 heteroatoms. The minimum Gasteiger partial charge on any atom is -0.309 e. The number of nitrogens with one attached hydrogen (secondary N) is 1. The summed E-state index contributed by atoms with van der Waals surface area (Å²) in [7, 11) is 0. The fourth-order valence-electron chi connectivity index (χ4n) is 2.32. The van der Waals surface area contributed by atoms with Crippen molar-refractivity contribution in [1.29, 1.82) is 0 Å². The Labute approximate surface area is 132 Å². The third kappa shape index (κ3) is 5.01. The molecule has 1 aromatic carbocycles. The van der Waals surface area contributed by atoms with Crippen LogP contribution in [-0.2, 0) is 0 Å². The Morgan fingerprint density at radius 3 is 2.81 bits per heavy atom. The second kappa shape index (κ2) is 8.40. The van der Waals surface area contributed by atoms with Crippen LogP contribution in [0.4, 0.5) is 0 Å². The summed E-state index contributed by atoms with van der Waals surface area (Å²) in [6.07, 6.45) is 3.02. The van der Waals surface area contributed by atoms with Gasteiger partial charge in [-0.25, -0.2) is 0 Å². The van der Waals surface area contributed by atoms with Crippen LogP contribution in [0, 0.1) is 5.92 Å². The van der Waals surface area contributed by atoms with Crippen molar-refractivity contribution in [1.82, 2.24) is 10.3 Å². The summed E-state index contributed by atoms with van der Waals surface area (Å²) in [5.74, 6) is 3.10. The third-order valence-corrected chi connectivity index (χ3v) is 4.88. The number of hydrogen-bond acceptors (Lipinski definition) is 3. The van der Waals surface area contributed by atoms with E-state index in [1.807, 2.05) is 24.0 Å². The molecule has 1 N–H and O–H groups in total. The molecule has 1 unspecified atom stereocenters. The zero-order valence-electron chi connectivity index (χ0n) is 13.3. The van der Waals surface area contributed by atoms with Crippen LogP contribution in [0.1, 0.15) is 38.8 Å². The van der Waals surface area contributed by atoms with Crippen molar-refractivity contribution < 1.29 is 0 Å². The van der Waals surface area contributed by atoms with E-state index >= 15 is 0 Å². The van der Waals surface area contributed by atoms with Crippen molar-refractivity contribution in [3.63, 3.8) is 0 Å². The van der Waals surface area contributed by atoms with Gasteiger partial charge in [0.1, 0.15) is 0 Å². The molecule has 0 aliphatic carbocycles. The number of rotatable bonds is 8. The molecule has 21 heavy (non-hydrogen) atoms. The molecule has 1 atom stereocenters. The maximum atomic E-state index is 4.40. The van der Waals surface area contributed by atoms with Gasteiger partial charge in [-0.1, -0.05) is 32.9 Å². The molecule has 2 rings (SSSR count). The second-order valence-corrected chi connectivity index (χ2v) is 6.97. The highest BCUT2D eigenvalue weighted by Crippen LogP contribution is 2.23. The molecule has 1 aromatic heterocycles. The summed E-state index contributed by atoms with van der Waals surface area (Å²) in [4.78, 5) is 4.40. The van der Waals surface area contributed by atoms with E-state index in [1.54, 1.807) is 0 Å². The maximum absolute atomic E-state index is 4.40. The number of fused-ring (bicyclic) bond motifs is 1. The van der Waals surface area contributed by atoms with Crippen LogP contribution >= 0.6 is 11.8 Å². The van der Waals surface area contributed by atoms with Crippen LogP contribution in [0.25, 0.3) is 10.9 Å². The second-order valence-electron chi connectivity index (χ2n) is 5.89. The van der Waals surface area contributed by atoms with Crippen molar-refractivity contribution in [2.45, 2.75) is 33.2 Å². The normalized spacial score (nSPS) is 13.0. The Hall–Kier alpha value is -1.06. The van der Waals surface area contributed by atoms with E-state index in [4.69, 9.17) is 0 Å². The highest BCUT2D eigenvalue weighted by molar-refractivity contribution is 7.99. The van der Waals surface area contributed by atoms with E-state index in [2.05, 4.69) is 55.3 Å². The average Bonchev–Trinajstić information content (AvgIpc) is 2.50. The van der Waals surface area contributed by atoms with Gasteiger partial charge in [0.15, 0.2) is 0 Å². The number of benzene rings is 1. The van der Waals surface area contributed by atoms with Crippen LogP contribution in [0.15, 0.2) is 36.5 Å². The lowest BCUT2D eigenvalue weighted by molar-refractivity contribution is 0.577. The monoisotopic (exact) mass is 302 g/mol. The molecule has 0 amide bonds. The van der Waals surface area contributed by atoms with E-state index in [0.717, 1.165) is 23.7 Å². The minimum atomic E-state index is 0.429. The molecule has 0 radical (unpaired) electrons. The molecule has 114 valence electrons. The van der Waals surface area contributed by atoms with Gasteiger partial charge < -0.3 is 5.32 Å². The Morgan fingerprint density at radius 2 is 2.05 bits per heavy atom. The summed E-state index contributed by atoms with van der Waals surface area (Å²) in [6.45, 7) is 7.85. The number of thioether (sulfide) groups is 1. The van der Waals surface area contributed by atoms with E-state index in [9.17, 15) is 0 Å². The highest BCUT2D eigenvalue weighted by atomic mass is 32.2. The summed E-state index contributed by atoms with van der Waals surface area (Å²) >= 11 is 2.04. The number of aromatic nitrogens is 1. The van der Waals surface area contributed by atoms with Gasteiger partial charge in [0.25, 0.3) is 0 Å². The van der Waals surface area contributed by atoms with Crippen molar-refractivity contribution in [2.75, 3.05) is 18.1 Å². The highest BCUT2D eigenvalue weighted by Gasteiger charge is 2.12. The third-order valence-electron chi connectivity index (χ3n) is 3.41. The fourth-order valence-corrected chi connectivity index (χ4v) is 3.48. The fraction of sp³-hybridized carbons (Fsp3) is 0.500. The zero-order chi connectivity index (χ0) is 15.1. The standard InChI is InChI=1S/C18H26N2S/c1-4-9-19-18(13-21-12-14(2)3)16-7-8-17-15(11-16)6-5-10-20-17/h5-8,10-11,14,18-19H,4,9,12-13H2,1-3H3. The van der Waals surface area contributed by atoms with Crippen molar-refractivity contribution in [2.24, 2.45) is 5.92 Å². The molecule has 1 heterocycles. The SMILES string of the molecule is CCCNC(CSCC(C)C)c1ccc2ncccc2c1. The van der Waals surface area contributed by atoms with Gasteiger partial charge in [-0.05, 0) is 48.4 Å². The lowest BCUT2D eigenvalue weighted by Crippen LogP contribution is -2.24. The first kappa shape index (κ1) is 16.3. The molecule has 0 saturated carbocycles. The van der Waals surface area contributed by atoms with E-state index in [-0.39, 0.29) is 0 Å². The predicted octanol–water partition coefficient (Wildman–Crippen LogP) is 4.66. The summed E-state index contributed by atoms with van der Waals surface area (Å²) in [5.41, 5.74) is 2.45. The van der Waals surface area contributed by atoms with Gasteiger partial charge in [0.2, 0.25) is 0 Å². The average molecular weight is 302 g/mol. The van der Waals surface area contributed by atoms with Crippen LogP contribution in [0.2, 0.25) is 0 Å².